The Morgan fingerprint density at radius 2 is 2.00 bits per heavy atom. The van der Waals surface area contributed by atoms with Gasteiger partial charge in [0.15, 0.2) is 5.82 Å². The van der Waals surface area contributed by atoms with Crippen molar-refractivity contribution in [3.63, 3.8) is 0 Å². The van der Waals surface area contributed by atoms with E-state index in [-0.39, 0.29) is 5.28 Å². The first-order valence-corrected chi connectivity index (χ1v) is 8.37. The molecule has 1 aromatic heterocycles. The molecule has 1 heterocycles. The van der Waals surface area contributed by atoms with Crippen molar-refractivity contribution in [1.82, 2.24) is 9.97 Å². The fraction of sp³-hybridized carbons (Fsp3) is 0.167. The number of nitrogens with one attached hydrogen (secondary N) is 1. The first-order chi connectivity index (χ1) is 9.77. The van der Waals surface area contributed by atoms with Crippen LogP contribution in [-0.4, -0.2) is 31.7 Å². The number of anilines is 3. The third-order valence-corrected chi connectivity index (χ3v) is 4.35. The lowest BCUT2D eigenvalue weighted by molar-refractivity contribution is 0.600. The van der Waals surface area contributed by atoms with E-state index >= 15 is 0 Å². The van der Waals surface area contributed by atoms with Gasteiger partial charge < -0.3 is 5.32 Å². The Kier molecular flexibility index (Phi) is 4.55. The quantitative estimate of drug-likeness (QED) is 0.861. The first kappa shape index (κ1) is 15.8. The number of benzene rings is 1. The molecule has 0 saturated heterocycles. The summed E-state index contributed by atoms with van der Waals surface area (Å²) in [6.45, 7) is 0. The molecule has 0 saturated carbocycles. The van der Waals surface area contributed by atoms with Gasteiger partial charge in [-0.2, -0.15) is 4.98 Å². The van der Waals surface area contributed by atoms with E-state index in [0.717, 1.165) is 6.26 Å². The Hall–Kier alpha value is -1.57. The summed E-state index contributed by atoms with van der Waals surface area (Å²) >= 11 is 11.7. The van der Waals surface area contributed by atoms with E-state index < -0.39 is 10.0 Å². The third kappa shape index (κ3) is 3.96. The minimum absolute atomic E-state index is 0.0614. The Morgan fingerprint density at radius 1 is 1.29 bits per heavy atom. The summed E-state index contributed by atoms with van der Waals surface area (Å²) in [5.74, 6) is 0.343. The topological polar surface area (TPSA) is 75.2 Å². The molecule has 0 bridgehead atoms. The minimum atomic E-state index is -3.33. The molecule has 0 amide bonds. The minimum Gasteiger partial charge on any atom is -0.339 e. The lowest BCUT2D eigenvalue weighted by Crippen LogP contribution is -2.24. The summed E-state index contributed by atoms with van der Waals surface area (Å²) in [5.41, 5.74) is 1.14. The van der Waals surface area contributed by atoms with E-state index in [4.69, 9.17) is 23.2 Å². The van der Waals surface area contributed by atoms with Gasteiger partial charge in [0.1, 0.15) is 5.02 Å². The van der Waals surface area contributed by atoms with Gasteiger partial charge in [0.25, 0.3) is 0 Å². The molecular weight excluding hydrogens is 335 g/mol. The highest BCUT2D eigenvalue weighted by Crippen LogP contribution is 2.26. The van der Waals surface area contributed by atoms with Gasteiger partial charge in [-0.3, -0.25) is 4.31 Å². The highest BCUT2D eigenvalue weighted by atomic mass is 35.5. The van der Waals surface area contributed by atoms with Crippen LogP contribution in [-0.2, 0) is 10.0 Å². The van der Waals surface area contributed by atoms with Gasteiger partial charge in [0.05, 0.1) is 18.1 Å². The summed E-state index contributed by atoms with van der Waals surface area (Å²) in [6, 6.07) is 6.82. The van der Waals surface area contributed by atoms with Crippen molar-refractivity contribution in [2.75, 3.05) is 22.9 Å². The second kappa shape index (κ2) is 6.05. The van der Waals surface area contributed by atoms with Crippen LogP contribution < -0.4 is 9.62 Å². The zero-order valence-electron chi connectivity index (χ0n) is 11.2. The maximum Gasteiger partial charge on any atom is 0.231 e. The van der Waals surface area contributed by atoms with Crippen molar-refractivity contribution in [3.8, 4) is 0 Å². The van der Waals surface area contributed by atoms with Gasteiger partial charge in [-0.15, -0.1) is 0 Å². The Morgan fingerprint density at radius 3 is 2.67 bits per heavy atom. The molecule has 2 rings (SSSR count). The lowest BCUT2D eigenvalue weighted by atomic mass is 10.3. The zero-order chi connectivity index (χ0) is 15.6. The monoisotopic (exact) mass is 346 g/mol. The summed E-state index contributed by atoms with van der Waals surface area (Å²) in [5, 5.41) is 3.34. The van der Waals surface area contributed by atoms with Crippen LogP contribution in [0.1, 0.15) is 0 Å². The van der Waals surface area contributed by atoms with Gasteiger partial charge in [0.2, 0.25) is 15.3 Å². The number of nitrogens with zero attached hydrogens (tertiary/aromatic N) is 3. The van der Waals surface area contributed by atoms with Crippen LogP contribution in [0.3, 0.4) is 0 Å². The summed E-state index contributed by atoms with van der Waals surface area (Å²) in [6.07, 6.45) is 2.51. The maximum absolute atomic E-state index is 11.5. The van der Waals surface area contributed by atoms with E-state index in [2.05, 4.69) is 15.3 Å². The first-order valence-electron chi connectivity index (χ1n) is 5.76. The molecule has 1 N–H and O–H groups in total. The normalized spacial score (nSPS) is 11.2. The Bertz CT molecular complexity index is 768. The number of hydrogen-bond donors (Lipinski definition) is 1. The third-order valence-electron chi connectivity index (χ3n) is 2.68. The molecular formula is C12H12Cl2N4O2S. The molecule has 6 nitrogen and oxygen atoms in total. The van der Waals surface area contributed by atoms with Crippen LogP contribution in [0.15, 0.2) is 30.5 Å². The van der Waals surface area contributed by atoms with E-state index in [1.165, 1.54) is 17.5 Å². The second-order valence-electron chi connectivity index (χ2n) is 4.24. The van der Waals surface area contributed by atoms with Crippen molar-refractivity contribution < 1.29 is 8.42 Å². The molecule has 9 heteroatoms. The van der Waals surface area contributed by atoms with Gasteiger partial charge in [-0.1, -0.05) is 17.7 Å². The van der Waals surface area contributed by atoms with Gasteiger partial charge in [-0.25, -0.2) is 13.4 Å². The molecule has 0 spiro atoms. The number of aromatic nitrogens is 2. The lowest BCUT2D eigenvalue weighted by Gasteiger charge is -2.17. The molecule has 112 valence electrons. The van der Waals surface area contributed by atoms with Crippen LogP contribution in [0, 0.1) is 0 Å². The molecule has 0 aliphatic carbocycles. The largest absolute Gasteiger partial charge is 0.339 e. The average Bonchev–Trinajstić information content (AvgIpc) is 2.41. The predicted octanol–water partition coefficient (Wildman–Crippen LogP) is 2.92. The van der Waals surface area contributed by atoms with Gasteiger partial charge in [0, 0.05) is 12.7 Å². The van der Waals surface area contributed by atoms with Gasteiger partial charge >= 0.3 is 0 Å². The molecule has 1 aromatic carbocycles. The summed E-state index contributed by atoms with van der Waals surface area (Å²) in [4.78, 5) is 7.72. The van der Waals surface area contributed by atoms with E-state index in [0.29, 0.717) is 22.2 Å². The van der Waals surface area contributed by atoms with Crippen LogP contribution in [0.2, 0.25) is 10.3 Å². The van der Waals surface area contributed by atoms with Crippen molar-refractivity contribution in [3.05, 3.63) is 40.8 Å². The number of sulfonamides is 1. The molecule has 0 fully saturated rings. The van der Waals surface area contributed by atoms with Crippen molar-refractivity contribution >= 4 is 50.4 Å². The highest BCUT2D eigenvalue weighted by molar-refractivity contribution is 7.92. The van der Waals surface area contributed by atoms with Crippen LogP contribution >= 0.6 is 23.2 Å². The Balaban J connectivity index is 2.32. The SMILES string of the molecule is CN(c1cccc(Nc2nc(Cl)ncc2Cl)c1)S(C)(=O)=O. The molecule has 0 atom stereocenters. The molecule has 21 heavy (non-hydrogen) atoms. The zero-order valence-corrected chi connectivity index (χ0v) is 13.5. The fourth-order valence-electron chi connectivity index (χ4n) is 1.54. The van der Waals surface area contributed by atoms with E-state index in [1.807, 2.05) is 0 Å². The van der Waals surface area contributed by atoms with Crippen molar-refractivity contribution in [1.29, 1.82) is 0 Å². The van der Waals surface area contributed by atoms with Gasteiger partial charge in [-0.05, 0) is 29.8 Å². The molecule has 0 aliphatic heterocycles. The van der Waals surface area contributed by atoms with Crippen LogP contribution in [0.4, 0.5) is 17.2 Å². The maximum atomic E-state index is 11.5. The highest BCUT2D eigenvalue weighted by Gasteiger charge is 2.12. The predicted molar refractivity (Wildman–Crippen MR) is 85.0 cm³/mol. The van der Waals surface area contributed by atoms with Crippen LogP contribution in [0.25, 0.3) is 0 Å². The van der Waals surface area contributed by atoms with E-state index in [1.54, 1.807) is 24.3 Å². The second-order valence-corrected chi connectivity index (χ2v) is 7.00. The number of hydrogen-bond acceptors (Lipinski definition) is 5. The van der Waals surface area contributed by atoms with Crippen molar-refractivity contribution in [2.24, 2.45) is 0 Å². The summed E-state index contributed by atoms with van der Waals surface area (Å²) < 4.78 is 24.3. The van der Waals surface area contributed by atoms with E-state index in [9.17, 15) is 8.42 Å². The molecule has 0 unspecified atom stereocenters. The van der Waals surface area contributed by atoms with Crippen LogP contribution in [0.5, 0.6) is 0 Å². The fourth-order valence-corrected chi connectivity index (χ4v) is 2.31. The summed E-state index contributed by atoms with van der Waals surface area (Å²) in [7, 11) is -1.85. The molecule has 2 aromatic rings. The number of halogens is 2. The Labute approximate surface area is 132 Å². The van der Waals surface area contributed by atoms with Crippen molar-refractivity contribution in [2.45, 2.75) is 0 Å². The molecule has 0 radical (unpaired) electrons. The average molecular weight is 347 g/mol. The smallest absolute Gasteiger partial charge is 0.231 e. The molecule has 0 aliphatic rings. The standard InChI is InChI=1S/C12H12Cl2N4O2S/c1-18(21(2,19)20)9-5-3-4-8(6-9)16-11-10(13)7-15-12(14)17-11/h3-7H,1-2H3,(H,15,16,17). The number of rotatable bonds is 4.